The minimum atomic E-state index is -3.64. The van der Waals surface area contributed by atoms with Crippen LogP contribution in [0.1, 0.15) is 12.5 Å². The molecule has 0 spiro atoms. The second kappa shape index (κ2) is 5.90. The molecule has 1 heterocycles. The van der Waals surface area contributed by atoms with Crippen LogP contribution in [-0.4, -0.2) is 49.1 Å². The van der Waals surface area contributed by atoms with Crippen LogP contribution in [0.2, 0.25) is 0 Å². The largest absolute Gasteiger partial charge is 0.353 e. The van der Waals surface area contributed by atoms with E-state index in [2.05, 4.69) is 5.32 Å². The Morgan fingerprint density at radius 2 is 2.00 bits per heavy atom. The van der Waals surface area contributed by atoms with Crippen LogP contribution in [0.4, 0.5) is 0 Å². The molecule has 1 unspecified atom stereocenters. The minimum Gasteiger partial charge on any atom is -0.353 e. The van der Waals surface area contributed by atoms with Gasteiger partial charge in [-0.2, -0.15) is 17.0 Å². The summed E-state index contributed by atoms with van der Waals surface area (Å²) in [7, 11) is -2.11. The fraction of sp³-hybridized carbons (Fsp3) is 0.462. The molecule has 0 aliphatic carbocycles. The van der Waals surface area contributed by atoms with Crippen LogP contribution in [0.25, 0.3) is 0 Å². The molecular weight excluding hydrogens is 278 g/mol. The molecule has 0 radical (unpaired) electrons. The average Bonchev–Trinajstić information content (AvgIpc) is 2.42. The summed E-state index contributed by atoms with van der Waals surface area (Å²) >= 11 is 0. The number of nitrogens with zero attached hydrogens (tertiary/aromatic N) is 2. The van der Waals surface area contributed by atoms with Crippen molar-refractivity contribution < 1.29 is 13.2 Å². The smallest absolute Gasteiger partial charge is 0.282 e. The predicted octanol–water partition coefficient (Wildman–Crippen LogP) is 0.184. The summed E-state index contributed by atoms with van der Waals surface area (Å²) in [4.78, 5) is 11.6. The molecule has 1 aliphatic heterocycles. The van der Waals surface area contributed by atoms with E-state index < -0.39 is 16.3 Å². The zero-order chi connectivity index (χ0) is 14.8. The summed E-state index contributed by atoms with van der Waals surface area (Å²) in [5, 5.41) is 2.66. The average molecular weight is 297 g/mol. The molecular formula is C13H19N3O3S. The number of amides is 1. The Balaban J connectivity index is 2.15. The van der Waals surface area contributed by atoms with Crippen molar-refractivity contribution in [3.63, 3.8) is 0 Å². The normalized spacial score (nSPS) is 20.9. The van der Waals surface area contributed by atoms with E-state index in [0.717, 1.165) is 5.56 Å². The Labute approximate surface area is 119 Å². The molecule has 1 atom stereocenters. The lowest BCUT2D eigenvalue weighted by Gasteiger charge is -2.34. The minimum absolute atomic E-state index is 0.257. The summed E-state index contributed by atoms with van der Waals surface area (Å²) in [6.45, 7) is 2.53. The first kappa shape index (κ1) is 15.0. The maximum absolute atomic E-state index is 12.5. The highest BCUT2D eigenvalue weighted by Crippen LogP contribution is 2.16. The fourth-order valence-electron chi connectivity index (χ4n) is 2.18. The highest BCUT2D eigenvalue weighted by molar-refractivity contribution is 7.86. The summed E-state index contributed by atoms with van der Waals surface area (Å²) in [6, 6.07) is 8.69. The number of hydrogen-bond donors (Lipinski definition) is 1. The van der Waals surface area contributed by atoms with Gasteiger partial charge in [0.25, 0.3) is 10.2 Å². The van der Waals surface area contributed by atoms with E-state index in [4.69, 9.17) is 0 Å². The van der Waals surface area contributed by atoms with Gasteiger partial charge in [0.05, 0.1) is 0 Å². The first-order valence-electron chi connectivity index (χ1n) is 6.47. The molecule has 7 heteroatoms. The monoisotopic (exact) mass is 297 g/mol. The standard InChI is InChI=1S/C13H19N3O3S/c1-11-13(17)14-8-9-16(11)20(18,19)15(2)10-12-6-4-3-5-7-12/h3-7,11H,8-10H2,1-2H3,(H,14,17). The Bertz CT molecular complexity index is 574. The molecule has 0 saturated carbocycles. The van der Waals surface area contributed by atoms with E-state index in [0.29, 0.717) is 13.1 Å². The summed E-state index contributed by atoms with van der Waals surface area (Å²) in [6.07, 6.45) is 0. The zero-order valence-corrected chi connectivity index (χ0v) is 12.4. The van der Waals surface area contributed by atoms with Gasteiger partial charge in [0.15, 0.2) is 0 Å². The lowest BCUT2D eigenvalue weighted by atomic mass is 10.2. The van der Waals surface area contributed by atoms with Crippen LogP contribution in [0.5, 0.6) is 0 Å². The number of carbonyl (C=O) groups excluding carboxylic acids is 1. The maximum Gasteiger partial charge on any atom is 0.282 e. The maximum atomic E-state index is 12.5. The van der Waals surface area contributed by atoms with Crippen molar-refractivity contribution >= 4 is 16.1 Å². The molecule has 20 heavy (non-hydrogen) atoms. The van der Waals surface area contributed by atoms with Gasteiger partial charge in [0, 0.05) is 26.7 Å². The lowest BCUT2D eigenvalue weighted by molar-refractivity contribution is -0.126. The van der Waals surface area contributed by atoms with E-state index in [-0.39, 0.29) is 12.5 Å². The Morgan fingerprint density at radius 3 is 2.65 bits per heavy atom. The van der Waals surface area contributed by atoms with E-state index in [1.165, 1.54) is 15.7 Å². The van der Waals surface area contributed by atoms with Crippen LogP contribution in [0.3, 0.4) is 0 Å². The van der Waals surface area contributed by atoms with Crippen LogP contribution in [0, 0.1) is 0 Å². The van der Waals surface area contributed by atoms with Crippen molar-refractivity contribution in [3.8, 4) is 0 Å². The third-order valence-corrected chi connectivity index (χ3v) is 5.39. The van der Waals surface area contributed by atoms with Gasteiger partial charge in [-0.1, -0.05) is 30.3 Å². The van der Waals surface area contributed by atoms with Crippen molar-refractivity contribution in [1.82, 2.24) is 13.9 Å². The van der Waals surface area contributed by atoms with Crippen molar-refractivity contribution in [2.24, 2.45) is 0 Å². The third kappa shape index (κ3) is 3.00. The highest BCUT2D eigenvalue weighted by Gasteiger charge is 2.36. The molecule has 110 valence electrons. The Morgan fingerprint density at radius 1 is 1.35 bits per heavy atom. The van der Waals surface area contributed by atoms with Crippen molar-refractivity contribution in [3.05, 3.63) is 35.9 Å². The van der Waals surface area contributed by atoms with E-state index in [1.54, 1.807) is 6.92 Å². The Hall–Kier alpha value is -1.44. The summed E-state index contributed by atoms with van der Waals surface area (Å²) in [5.74, 6) is -0.257. The molecule has 1 N–H and O–H groups in total. The number of rotatable bonds is 4. The lowest BCUT2D eigenvalue weighted by Crippen LogP contribution is -2.58. The molecule has 0 bridgehead atoms. The quantitative estimate of drug-likeness (QED) is 0.862. The van der Waals surface area contributed by atoms with Crippen molar-refractivity contribution in [2.75, 3.05) is 20.1 Å². The number of benzene rings is 1. The van der Waals surface area contributed by atoms with Crippen LogP contribution < -0.4 is 5.32 Å². The predicted molar refractivity (Wildman–Crippen MR) is 76.0 cm³/mol. The number of hydrogen-bond acceptors (Lipinski definition) is 3. The van der Waals surface area contributed by atoms with Gasteiger partial charge < -0.3 is 5.32 Å². The molecule has 0 aromatic heterocycles. The van der Waals surface area contributed by atoms with Crippen LogP contribution in [-0.2, 0) is 21.5 Å². The van der Waals surface area contributed by atoms with Gasteiger partial charge in [-0.05, 0) is 12.5 Å². The topological polar surface area (TPSA) is 69.7 Å². The van der Waals surface area contributed by atoms with Gasteiger partial charge in [-0.15, -0.1) is 0 Å². The molecule has 1 aromatic rings. The highest BCUT2D eigenvalue weighted by atomic mass is 32.2. The molecule has 1 amide bonds. The molecule has 1 aliphatic rings. The van der Waals surface area contributed by atoms with Gasteiger partial charge in [0.2, 0.25) is 5.91 Å². The second-order valence-corrected chi connectivity index (χ2v) is 6.82. The summed E-state index contributed by atoms with van der Waals surface area (Å²) < 4.78 is 27.6. The van der Waals surface area contributed by atoms with Gasteiger partial charge in [-0.25, -0.2) is 0 Å². The van der Waals surface area contributed by atoms with Gasteiger partial charge >= 0.3 is 0 Å². The van der Waals surface area contributed by atoms with Crippen molar-refractivity contribution in [1.29, 1.82) is 0 Å². The van der Waals surface area contributed by atoms with Gasteiger partial charge in [0.1, 0.15) is 6.04 Å². The first-order chi connectivity index (χ1) is 9.43. The SMILES string of the molecule is CC1C(=O)NCCN1S(=O)(=O)N(C)Cc1ccccc1. The van der Waals surface area contributed by atoms with E-state index in [9.17, 15) is 13.2 Å². The number of carbonyl (C=O) groups is 1. The zero-order valence-electron chi connectivity index (χ0n) is 11.6. The molecule has 1 aromatic carbocycles. The molecule has 2 rings (SSSR count). The van der Waals surface area contributed by atoms with Gasteiger partial charge in [-0.3, -0.25) is 4.79 Å². The molecule has 1 fully saturated rings. The molecule has 6 nitrogen and oxygen atoms in total. The fourth-order valence-corrected chi connectivity index (χ4v) is 3.67. The number of nitrogens with one attached hydrogen (secondary N) is 1. The third-order valence-electron chi connectivity index (χ3n) is 3.38. The van der Waals surface area contributed by atoms with Crippen LogP contribution in [0.15, 0.2) is 30.3 Å². The van der Waals surface area contributed by atoms with Crippen LogP contribution >= 0.6 is 0 Å². The molecule has 1 saturated heterocycles. The van der Waals surface area contributed by atoms with Crippen molar-refractivity contribution in [2.45, 2.75) is 19.5 Å². The second-order valence-electron chi connectivity index (χ2n) is 4.83. The van der Waals surface area contributed by atoms with E-state index >= 15 is 0 Å². The van der Waals surface area contributed by atoms with E-state index in [1.807, 2.05) is 30.3 Å². The first-order valence-corrected chi connectivity index (χ1v) is 7.87. The summed E-state index contributed by atoms with van der Waals surface area (Å²) in [5.41, 5.74) is 0.910. The Kier molecular flexibility index (Phi) is 4.42. The number of piperazine rings is 1.